The van der Waals surface area contributed by atoms with Gasteiger partial charge in [0.05, 0.1) is 26.9 Å². The van der Waals surface area contributed by atoms with Crippen LogP contribution < -0.4 is 14.2 Å². The molecule has 6 nitrogen and oxygen atoms in total. The summed E-state index contributed by atoms with van der Waals surface area (Å²) in [5, 5.41) is 12.6. The fourth-order valence-corrected chi connectivity index (χ4v) is 2.64. The molecule has 0 N–H and O–H groups in total. The fourth-order valence-electron chi connectivity index (χ4n) is 2.64. The SMILES string of the molecule is COc1ccc(C2=[N+]([O-])c3c(OC)cccc3C2=O)cc1OC. The minimum absolute atomic E-state index is 0.0328. The van der Waals surface area contributed by atoms with E-state index in [2.05, 4.69) is 0 Å². The molecule has 6 heteroatoms. The second-order valence-corrected chi connectivity index (χ2v) is 4.90. The zero-order chi connectivity index (χ0) is 16.6. The van der Waals surface area contributed by atoms with Crippen LogP contribution in [0.3, 0.4) is 0 Å². The number of ketones is 1. The third kappa shape index (κ3) is 2.19. The van der Waals surface area contributed by atoms with Gasteiger partial charge in [-0.05, 0) is 30.3 Å². The van der Waals surface area contributed by atoms with Crippen LogP contribution in [0.1, 0.15) is 15.9 Å². The molecular formula is C17H15NO5. The van der Waals surface area contributed by atoms with E-state index >= 15 is 0 Å². The van der Waals surface area contributed by atoms with Crippen LogP contribution in [-0.2, 0) is 0 Å². The maximum atomic E-state index is 12.6. The Labute approximate surface area is 133 Å². The van der Waals surface area contributed by atoms with Gasteiger partial charge >= 0.3 is 0 Å². The number of benzene rings is 2. The van der Waals surface area contributed by atoms with Crippen molar-refractivity contribution >= 4 is 17.2 Å². The lowest BCUT2D eigenvalue weighted by Gasteiger charge is -2.09. The smallest absolute Gasteiger partial charge is 0.273 e. The molecule has 2 aromatic rings. The topological polar surface area (TPSA) is 70.8 Å². The van der Waals surface area contributed by atoms with Crippen molar-refractivity contribution in [2.75, 3.05) is 21.3 Å². The van der Waals surface area contributed by atoms with E-state index in [4.69, 9.17) is 14.2 Å². The summed E-state index contributed by atoms with van der Waals surface area (Å²) in [7, 11) is 4.48. The number of rotatable bonds is 4. The van der Waals surface area contributed by atoms with Crippen LogP contribution >= 0.6 is 0 Å². The Morgan fingerprint density at radius 2 is 1.61 bits per heavy atom. The fraction of sp³-hybridized carbons (Fsp3) is 0.176. The van der Waals surface area contributed by atoms with Crippen molar-refractivity contribution in [2.24, 2.45) is 0 Å². The molecular weight excluding hydrogens is 298 g/mol. The second kappa shape index (κ2) is 5.64. The van der Waals surface area contributed by atoms with Crippen LogP contribution in [-0.4, -0.2) is 37.6 Å². The monoisotopic (exact) mass is 313 g/mol. The molecule has 0 unspecified atom stereocenters. The number of ether oxygens (including phenoxy) is 3. The highest BCUT2D eigenvalue weighted by Crippen LogP contribution is 2.37. The Bertz CT molecular complexity index is 826. The number of methoxy groups -OCH3 is 3. The Morgan fingerprint density at radius 3 is 2.26 bits per heavy atom. The van der Waals surface area contributed by atoms with E-state index in [1.807, 2.05) is 0 Å². The standard InChI is InChI=1S/C17H15NO5/c1-21-12-8-7-10(9-14(12)23-3)15-17(19)11-5-4-6-13(22-2)16(11)18(15)20/h4-9H,1-3H3. The van der Waals surface area contributed by atoms with E-state index < -0.39 is 0 Å². The highest BCUT2D eigenvalue weighted by atomic mass is 16.5. The molecule has 0 spiro atoms. The zero-order valence-electron chi connectivity index (χ0n) is 13.0. The highest BCUT2D eigenvalue weighted by molar-refractivity contribution is 6.52. The van der Waals surface area contributed by atoms with Crippen LogP contribution in [0.4, 0.5) is 5.69 Å². The Morgan fingerprint density at radius 1 is 0.913 bits per heavy atom. The lowest BCUT2D eigenvalue weighted by atomic mass is 10.0. The number of Topliss-reactive ketones (excluding diaryl/α,β-unsaturated/α-hetero) is 1. The molecule has 0 bridgehead atoms. The molecule has 0 atom stereocenters. The Kier molecular flexibility index (Phi) is 3.65. The third-order valence-corrected chi connectivity index (χ3v) is 3.74. The number of hydrogen-bond acceptors (Lipinski definition) is 5. The summed E-state index contributed by atoms with van der Waals surface area (Å²) in [4.78, 5) is 12.6. The Balaban J connectivity index is 2.18. The average molecular weight is 313 g/mol. The van der Waals surface area contributed by atoms with Crippen molar-refractivity contribution in [1.29, 1.82) is 0 Å². The van der Waals surface area contributed by atoms with E-state index in [9.17, 15) is 10.0 Å². The maximum absolute atomic E-state index is 12.6. The first kappa shape index (κ1) is 14.9. The molecule has 1 heterocycles. The van der Waals surface area contributed by atoms with Crippen molar-refractivity contribution in [3.05, 3.63) is 52.7 Å². The summed E-state index contributed by atoms with van der Waals surface area (Å²) < 4.78 is 16.2. The van der Waals surface area contributed by atoms with Gasteiger partial charge in [-0.2, -0.15) is 4.74 Å². The van der Waals surface area contributed by atoms with E-state index in [-0.39, 0.29) is 17.2 Å². The molecule has 118 valence electrons. The highest BCUT2D eigenvalue weighted by Gasteiger charge is 2.39. The summed E-state index contributed by atoms with van der Waals surface area (Å²) in [5.41, 5.74) is 1.04. The summed E-state index contributed by atoms with van der Waals surface area (Å²) in [5.74, 6) is 0.985. The van der Waals surface area contributed by atoms with E-state index in [1.165, 1.54) is 21.3 Å². The molecule has 0 saturated carbocycles. The first-order chi connectivity index (χ1) is 11.1. The molecule has 0 aliphatic carbocycles. The minimum Gasteiger partial charge on any atom is -0.618 e. The van der Waals surface area contributed by atoms with Gasteiger partial charge in [0.15, 0.2) is 17.2 Å². The summed E-state index contributed by atoms with van der Waals surface area (Å²) in [6.45, 7) is 0. The van der Waals surface area contributed by atoms with Crippen LogP contribution in [0, 0.1) is 5.21 Å². The van der Waals surface area contributed by atoms with Crippen molar-refractivity contribution in [1.82, 2.24) is 0 Å². The molecule has 1 aliphatic rings. The van der Waals surface area contributed by atoms with Crippen LogP contribution in [0.5, 0.6) is 17.2 Å². The lowest BCUT2D eigenvalue weighted by molar-refractivity contribution is -0.356. The molecule has 0 radical (unpaired) electrons. The van der Waals surface area contributed by atoms with Gasteiger partial charge in [0.25, 0.3) is 17.2 Å². The molecule has 2 aromatic carbocycles. The number of fused-ring (bicyclic) bond motifs is 1. The zero-order valence-corrected chi connectivity index (χ0v) is 13.0. The largest absolute Gasteiger partial charge is 0.618 e. The van der Waals surface area contributed by atoms with Crippen molar-refractivity contribution < 1.29 is 23.7 Å². The van der Waals surface area contributed by atoms with Crippen LogP contribution in [0.25, 0.3) is 0 Å². The predicted molar refractivity (Wildman–Crippen MR) is 84.3 cm³/mol. The number of hydrogen-bond donors (Lipinski definition) is 0. The Hall–Kier alpha value is -3.02. The van der Waals surface area contributed by atoms with Gasteiger partial charge in [0.2, 0.25) is 0 Å². The van der Waals surface area contributed by atoms with Gasteiger partial charge in [-0.1, -0.05) is 6.07 Å². The molecule has 0 amide bonds. The average Bonchev–Trinajstić information content (AvgIpc) is 2.85. The molecule has 1 aliphatic heterocycles. The molecule has 0 aromatic heterocycles. The minimum atomic E-state index is -0.346. The second-order valence-electron chi connectivity index (χ2n) is 4.90. The summed E-state index contributed by atoms with van der Waals surface area (Å²) >= 11 is 0. The molecule has 23 heavy (non-hydrogen) atoms. The van der Waals surface area contributed by atoms with Crippen LogP contribution in [0.15, 0.2) is 36.4 Å². The lowest BCUT2D eigenvalue weighted by Crippen LogP contribution is -2.16. The quantitative estimate of drug-likeness (QED) is 0.641. The normalized spacial score (nSPS) is 13.1. The van der Waals surface area contributed by atoms with Gasteiger partial charge in [-0.25, -0.2) is 0 Å². The molecule has 3 rings (SSSR count). The van der Waals surface area contributed by atoms with Crippen molar-refractivity contribution in [3.63, 3.8) is 0 Å². The van der Waals surface area contributed by atoms with E-state index in [0.29, 0.717) is 33.1 Å². The summed E-state index contributed by atoms with van der Waals surface area (Å²) in [6, 6.07) is 9.85. The van der Waals surface area contributed by atoms with Gasteiger partial charge in [-0.15, -0.1) is 0 Å². The molecule has 0 saturated heterocycles. The third-order valence-electron chi connectivity index (χ3n) is 3.74. The summed E-state index contributed by atoms with van der Waals surface area (Å²) in [6.07, 6.45) is 0. The number of para-hydroxylation sites is 1. The van der Waals surface area contributed by atoms with Crippen molar-refractivity contribution in [2.45, 2.75) is 0 Å². The maximum Gasteiger partial charge on any atom is 0.273 e. The van der Waals surface area contributed by atoms with Crippen LogP contribution in [0.2, 0.25) is 0 Å². The van der Waals surface area contributed by atoms with Gasteiger partial charge in [-0.3, -0.25) is 4.79 Å². The predicted octanol–water partition coefficient (Wildman–Crippen LogP) is 2.54. The van der Waals surface area contributed by atoms with Gasteiger partial charge in [0, 0.05) is 0 Å². The van der Waals surface area contributed by atoms with Gasteiger partial charge < -0.3 is 19.4 Å². The number of carbonyl (C=O) groups is 1. The molecule has 0 fully saturated rings. The number of nitrogens with zero attached hydrogens (tertiary/aromatic N) is 1. The number of carbonyl (C=O) groups excluding carboxylic acids is 1. The first-order valence-electron chi connectivity index (χ1n) is 6.90. The van der Waals surface area contributed by atoms with Gasteiger partial charge in [0.1, 0.15) is 5.56 Å². The van der Waals surface area contributed by atoms with Crippen molar-refractivity contribution in [3.8, 4) is 17.2 Å². The first-order valence-corrected chi connectivity index (χ1v) is 6.90. The van der Waals surface area contributed by atoms with E-state index in [1.54, 1.807) is 36.4 Å². The van der Waals surface area contributed by atoms with E-state index in [0.717, 1.165) is 0 Å².